The third kappa shape index (κ3) is 4.15. The standard InChI is InChI=1S/C20H23NO3/c1-15(21-20(22)16-11-13-23-14-12-16)18-9-5-6-10-19(18)24-17-7-3-2-4-8-17/h2-10,15-16H,11-14H2,1H3,(H,21,22)/t15-/m1/s1. The van der Waals surface area contributed by atoms with E-state index in [1.54, 1.807) is 0 Å². The third-order valence-electron chi connectivity index (χ3n) is 4.31. The van der Waals surface area contributed by atoms with Gasteiger partial charge in [-0.1, -0.05) is 36.4 Å². The van der Waals surface area contributed by atoms with Gasteiger partial charge in [0.05, 0.1) is 6.04 Å². The topological polar surface area (TPSA) is 47.6 Å². The van der Waals surface area contributed by atoms with Crippen LogP contribution in [-0.2, 0) is 9.53 Å². The minimum absolute atomic E-state index is 0.0448. The van der Waals surface area contributed by atoms with Gasteiger partial charge in [0.15, 0.2) is 0 Å². The normalized spacial score (nSPS) is 16.4. The van der Waals surface area contributed by atoms with Gasteiger partial charge >= 0.3 is 0 Å². The minimum atomic E-state index is -0.111. The highest BCUT2D eigenvalue weighted by Gasteiger charge is 2.23. The van der Waals surface area contributed by atoms with Gasteiger partial charge in [0.25, 0.3) is 0 Å². The van der Waals surface area contributed by atoms with Crippen molar-refractivity contribution in [3.05, 3.63) is 60.2 Å². The predicted octanol–water partition coefficient (Wildman–Crippen LogP) is 4.08. The first-order valence-electron chi connectivity index (χ1n) is 8.44. The van der Waals surface area contributed by atoms with Crippen LogP contribution in [0.2, 0.25) is 0 Å². The fourth-order valence-corrected chi connectivity index (χ4v) is 2.92. The van der Waals surface area contributed by atoms with Gasteiger partial charge in [0.2, 0.25) is 5.91 Å². The monoisotopic (exact) mass is 325 g/mol. The van der Waals surface area contributed by atoms with E-state index in [2.05, 4.69) is 5.32 Å². The van der Waals surface area contributed by atoms with Gasteiger partial charge in [-0.2, -0.15) is 0 Å². The van der Waals surface area contributed by atoms with E-state index in [1.807, 2.05) is 61.5 Å². The van der Waals surface area contributed by atoms with Gasteiger partial charge in [-0.15, -0.1) is 0 Å². The molecule has 0 radical (unpaired) electrons. The third-order valence-corrected chi connectivity index (χ3v) is 4.31. The molecule has 0 spiro atoms. The molecule has 126 valence electrons. The zero-order valence-electron chi connectivity index (χ0n) is 13.9. The Morgan fingerprint density at radius 2 is 1.75 bits per heavy atom. The molecular formula is C20H23NO3. The predicted molar refractivity (Wildman–Crippen MR) is 93.1 cm³/mol. The lowest BCUT2D eigenvalue weighted by molar-refractivity contribution is -0.128. The maximum Gasteiger partial charge on any atom is 0.223 e. The number of nitrogens with one attached hydrogen (secondary N) is 1. The number of carbonyl (C=O) groups excluding carboxylic acids is 1. The lowest BCUT2D eigenvalue weighted by Gasteiger charge is -2.24. The molecule has 1 saturated heterocycles. The van der Waals surface area contributed by atoms with E-state index in [9.17, 15) is 4.79 Å². The van der Waals surface area contributed by atoms with Gasteiger partial charge in [-0.25, -0.2) is 0 Å². The second kappa shape index (κ2) is 7.97. The second-order valence-electron chi connectivity index (χ2n) is 6.07. The molecule has 0 aliphatic carbocycles. The Kier molecular flexibility index (Phi) is 5.49. The Morgan fingerprint density at radius 1 is 1.08 bits per heavy atom. The zero-order valence-corrected chi connectivity index (χ0v) is 13.9. The first-order valence-corrected chi connectivity index (χ1v) is 8.44. The van der Waals surface area contributed by atoms with Crippen LogP contribution in [0.3, 0.4) is 0 Å². The molecule has 0 unspecified atom stereocenters. The van der Waals surface area contributed by atoms with Crippen molar-refractivity contribution in [3.63, 3.8) is 0 Å². The fourth-order valence-electron chi connectivity index (χ4n) is 2.92. The van der Waals surface area contributed by atoms with Crippen molar-refractivity contribution in [1.82, 2.24) is 5.32 Å². The molecule has 1 aliphatic heterocycles. The molecule has 2 aromatic rings. The summed E-state index contributed by atoms with van der Waals surface area (Å²) in [5.74, 6) is 1.69. The summed E-state index contributed by atoms with van der Waals surface area (Å²) in [7, 11) is 0. The van der Waals surface area contributed by atoms with Crippen molar-refractivity contribution in [2.75, 3.05) is 13.2 Å². The first kappa shape index (κ1) is 16.5. The lowest BCUT2D eigenvalue weighted by Crippen LogP contribution is -2.35. The number of hydrogen-bond acceptors (Lipinski definition) is 3. The van der Waals surface area contributed by atoms with Crippen LogP contribution in [0, 0.1) is 5.92 Å². The average molecular weight is 325 g/mol. The SMILES string of the molecule is C[C@@H](NC(=O)C1CCOCC1)c1ccccc1Oc1ccccc1. The number of benzene rings is 2. The van der Waals surface area contributed by atoms with Crippen molar-refractivity contribution in [1.29, 1.82) is 0 Å². The molecule has 1 aliphatic rings. The molecule has 0 aromatic heterocycles. The summed E-state index contributed by atoms with van der Waals surface area (Å²) < 4.78 is 11.3. The molecule has 1 N–H and O–H groups in total. The highest BCUT2D eigenvalue weighted by molar-refractivity contribution is 5.79. The number of carbonyl (C=O) groups is 1. The van der Waals surface area contributed by atoms with Crippen LogP contribution in [-0.4, -0.2) is 19.1 Å². The molecule has 1 atom stereocenters. The van der Waals surface area contributed by atoms with E-state index < -0.39 is 0 Å². The van der Waals surface area contributed by atoms with Gasteiger partial charge in [0.1, 0.15) is 11.5 Å². The van der Waals surface area contributed by atoms with E-state index in [1.165, 1.54) is 0 Å². The number of ether oxygens (including phenoxy) is 2. The van der Waals surface area contributed by atoms with Crippen molar-refractivity contribution in [2.45, 2.75) is 25.8 Å². The number of para-hydroxylation sites is 2. The zero-order chi connectivity index (χ0) is 16.8. The van der Waals surface area contributed by atoms with Gasteiger partial charge in [0, 0.05) is 24.7 Å². The Labute approximate surface area is 142 Å². The first-order chi connectivity index (χ1) is 11.7. The summed E-state index contributed by atoms with van der Waals surface area (Å²) in [4.78, 5) is 12.4. The number of rotatable bonds is 5. The molecule has 0 bridgehead atoms. The molecular weight excluding hydrogens is 302 g/mol. The minimum Gasteiger partial charge on any atom is -0.457 e. The molecule has 24 heavy (non-hydrogen) atoms. The summed E-state index contributed by atoms with van der Waals surface area (Å²) >= 11 is 0. The van der Waals surface area contributed by atoms with Crippen molar-refractivity contribution in [2.24, 2.45) is 5.92 Å². The quantitative estimate of drug-likeness (QED) is 0.901. The van der Waals surface area contributed by atoms with Crippen LogP contribution in [0.25, 0.3) is 0 Å². The van der Waals surface area contributed by atoms with Crippen LogP contribution < -0.4 is 10.1 Å². The van der Waals surface area contributed by atoms with Crippen LogP contribution in [0.5, 0.6) is 11.5 Å². The van der Waals surface area contributed by atoms with E-state index in [4.69, 9.17) is 9.47 Å². The summed E-state index contributed by atoms with van der Waals surface area (Å²) in [6, 6.07) is 17.4. The molecule has 0 saturated carbocycles. The number of hydrogen-bond donors (Lipinski definition) is 1. The Morgan fingerprint density at radius 3 is 2.50 bits per heavy atom. The van der Waals surface area contributed by atoms with Crippen molar-refractivity contribution >= 4 is 5.91 Å². The lowest BCUT2D eigenvalue weighted by atomic mass is 9.98. The summed E-state index contributed by atoms with van der Waals surface area (Å²) in [5.41, 5.74) is 0.974. The smallest absolute Gasteiger partial charge is 0.223 e. The van der Waals surface area contributed by atoms with Gasteiger partial charge in [-0.3, -0.25) is 4.79 Å². The maximum absolute atomic E-state index is 12.4. The summed E-state index contributed by atoms with van der Waals surface area (Å²) in [5, 5.41) is 3.12. The van der Waals surface area contributed by atoms with Crippen LogP contribution in [0.1, 0.15) is 31.4 Å². The highest BCUT2D eigenvalue weighted by atomic mass is 16.5. The van der Waals surface area contributed by atoms with E-state index in [0.717, 1.165) is 29.9 Å². The van der Waals surface area contributed by atoms with E-state index in [-0.39, 0.29) is 17.9 Å². The van der Waals surface area contributed by atoms with Crippen LogP contribution in [0.4, 0.5) is 0 Å². The molecule has 4 heteroatoms. The molecule has 1 amide bonds. The number of amides is 1. The van der Waals surface area contributed by atoms with Crippen molar-refractivity contribution in [3.8, 4) is 11.5 Å². The van der Waals surface area contributed by atoms with Gasteiger partial charge in [-0.05, 0) is 38.0 Å². The largest absolute Gasteiger partial charge is 0.457 e. The van der Waals surface area contributed by atoms with Crippen LogP contribution >= 0.6 is 0 Å². The molecule has 2 aromatic carbocycles. The highest BCUT2D eigenvalue weighted by Crippen LogP contribution is 2.29. The van der Waals surface area contributed by atoms with Gasteiger partial charge < -0.3 is 14.8 Å². The summed E-state index contributed by atoms with van der Waals surface area (Å²) in [6.45, 7) is 3.32. The second-order valence-corrected chi connectivity index (χ2v) is 6.07. The van der Waals surface area contributed by atoms with E-state index in [0.29, 0.717) is 13.2 Å². The molecule has 1 fully saturated rings. The molecule has 3 rings (SSSR count). The Bertz CT molecular complexity index is 666. The summed E-state index contributed by atoms with van der Waals surface area (Å²) in [6.07, 6.45) is 1.58. The van der Waals surface area contributed by atoms with Crippen LogP contribution in [0.15, 0.2) is 54.6 Å². The molecule has 1 heterocycles. The Hall–Kier alpha value is -2.33. The fraction of sp³-hybridized carbons (Fsp3) is 0.350. The average Bonchev–Trinajstić information content (AvgIpc) is 2.63. The van der Waals surface area contributed by atoms with Crippen molar-refractivity contribution < 1.29 is 14.3 Å². The molecule has 4 nitrogen and oxygen atoms in total. The maximum atomic E-state index is 12.4. The Balaban J connectivity index is 1.70. The van der Waals surface area contributed by atoms with E-state index >= 15 is 0 Å².